The number of rotatable bonds is 9. The number of hydrogen-bond donors (Lipinski definition) is 2. The summed E-state index contributed by atoms with van der Waals surface area (Å²) >= 11 is 0. The molecule has 0 saturated heterocycles. The van der Waals surface area contributed by atoms with E-state index in [1.807, 2.05) is 98.8 Å². The van der Waals surface area contributed by atoms with Crippen LogP contribution in [0.25, 0.3) is 16.9 Å². The summed E-state index contributed by atoms with van der Waals surface area (Å²) in [6, 6.07) is 26.9. The first kappa shape index (κ1) is 25.7. The highest BCUT2D eigenvalue weighted by atomic mass is 16.2. The summed E-state index contributed by atoms with van der Waals surface area (Å²) in [5, 5.41) is 10.7. The third kappa shape index (κ3) is 6.85. The van der Waals surface area contributed by atoms with Gasteiger partial charge >= 0.3 is 6.03 Å². The van der Waals surface area contributed by atoms with Crippen LogP contribution in [0.15, 0.2) is 84.9 Å². The van der Waals surface area contributed by atoms with E-state index in [0.717, 1.165) is 40.9 Å². The summed E-state index contributed by atoms with van der Waals surface area (Å²) in [4.78, 5) is 27.8. The molecule has 2 N–H and O–H groups in total. The van der Waals surface area contributed by atoms with Crippen LogP contribution < -0.4 is 10.6 Å². The number of hydrogen-bond acceptors (Lipinski definition) is 3. The number of aryl methyl sites for hydroxylation is 2. The highest BCUT2D eigenvalue weighted by molar-refractivity contribution is 5.97. The van der Waals surface area contributed by atoms with Crippen molar-refractivity contribution in [3.8, 4) is 16.9 Å². The van der Waals surface area contributed by atoms with Crippen molar-refractivity contribution in [1.82, 2.24) is 14.7 Å². The molecule has 0 atom stereocenters. The average molecular weight is 496 g/mol. The van der Waals surface area contributed by atoms with E-state index >= 15 is 0 Å². The maximum atomic E-state index is 13.2. The van der Waals surface area contributed by atoms with Crippen LogP contribution >= 0.6 is 0 Å². The van der Waals surface area contributed by atoms with Crippen LogP contribution in [0.1, 0.15) is 30.9 Å². The lowest BCUT2D eigenvalue weighted by atomic mass is 10.1. The molecule has 0 spiro atoms. The maximum Gasteiger partial charge on any atom is 0.322 e. The number of nitrogens with one attached hydrogen (secondary N) is 2. The lowest BCUT2D eigenvalue weighted by molar-refractivity contribution is -0.116. The van der Waals surface area contributed by atoms with Crippen LogP contribution in [0.4, 0.5) is 16.3 Å². The number of carbonyl (C=O) groups is 2. The molecule has 4 aromatic rings. The van der Waals surface area contributed by atoms with Gasteiger partial charge in [-0.3, -0.25) is 4.79 Å². The molecule has 3 aromatic carbocycles. The van der Waals surface area contributed by atoms with Crippen LogP contribution in [0.2, 0.25) is 0 Å². The van der Waals surface area contributed by atoms with Crippen LogP contribution in [-0.4, -0.2) is 39.7 Å². The summed E-state index contributed by atoms with van der Waals surface area (Å²) < 4.78 is 1.72. The van der Waals surface area contributed by atoms with E-state index < -0.39 is 0 Å². The predicted octanol–water partition coefficient (Wildman–Crippen LogP) is 6.43. The van der Waals surface area contributed by atoms with Gasteiger partial charge in [-0.05, 0) is 44.5 Å². The van der Waals surface area contributed by atoms with Crippen LogP contribution in [0.5, 0.6) is 0 Å². The molecular weight excluding hydrogens is 462 g/mol. The first-order chi connectivity index (χ1) is 17.9. The summed E-state index contributed by atoms with van der Waals surface area (Å²) in [6.07, 6.45) is 1.71. The Hall–Kier alpha value is -4.39. The molecule has 1 aromatic heterocycles. The van der Waals surface area contributed by atoms with E-state index in [2.05, 4.69) is 17.6 Å². The SMILES string of the molecule is CCCCN(CC(=O)Nc1cc(-c2ccccc2)nn1-c1ccc(C)cc1)C(=O)Nc1ccc(C)cc1. The van der Waals surface area contributed by atoms with E-state index in [4.69, 9.17) is 5.10 Å². The standard InChI is InChI=1S/C30H33N5O2/c1-4-5-19-34(30(37)31-25-15-11-22(2)12-16-25)21-29(36)32-28-20-27(24-9-7-6-8-10-24)33-35(28)26-17-13-23(3)14-18-26/h6-18,20H,4-5,19,21H2,1-3H3,(H,31,37)(H,32,36). The molecule has 0 aliphatic rings. The molecule has 3 amide bonds. The number of nitrogens with zero attached hydrogens (tertiary/aromatic N) is 3. The molecule has 0 fully saturated rings. The second-order valence-electron chi connectivity index (χ2n) is 9.15. The third-order valence-corrected chi connectivity index (χ3v) is 6.03. The Morgan fingerprint density at radius 2 is 1.51 bits per heavy atom. The molecule has 0 saturated carbocycles. The first-order valence-corrected chi connectivity index (χ1v) is 12.6. The fourth-order valence-electron chi connectivity index (χ4n) is 3.90. The second-order valence-corrected chi connectivity index (χ2v) is 9.15. The number of carbonyl (C=O) groups excluding carboxylic acids is 2. The first-order valence-electron chi connectivity index (χ1n) is 12.6. The largest absolute Gasteiger partial charge is 0.322 e. The normalized spacial score (nSPS) is 10.7. The zero-order valence-electron chi connectivity index (χ0n) is 21.6. The van der Waals surface area contributed by atoms with E-state index in [1.165, 1.54) is 0 Å². The molecule has 0 unspecified atom stereocenters. The van der Waals surface area contributed by atoms with E-state index in [0.29, 0.717) is 18.1 Å². The van der Waals surface area contributed by atoms with Crippen LogP contribution in [0, 0.1) is 13.8 Å². The molecule has 37 heavy (non-hydrogen) atoms. The number of amides is 3. The minimum absolute atomic E-state index is 0.0720. The lowest BCUT2D eigenvalue weighted by Crippen LogP contribution is -2.41. The van der Waals surface area contributed by atoms with Crippen molar-refractivity contribution < 1.29 is 9.59 Å². The average Bonchev–Trinajstić information content (AvgIpc) is 3.32. The van der Waals surface area contributed by atoms with Crippen molar-refractivity contribution >= 4 is 23.4 Å². The smallest absolute Gasteiger partial charge is 0.315 e. The van der Waals surface area contributed by atoms with Gasteiger partial charge in [0, 0.05) is 23.9 Å². The van der Waals surface area contributed by atoms with Crippen molar-refractivity contribution in [2.75, 3.05) is 23.7 Å². The number of aromatic nitrogens is 2. The number of anilines is 2. The molecule has 1 heterocycles. The summed E-state index contributed by atoms with van der Waals surface area (Å²) in [7, 11) is 0. The lowest BCUT2D eigenvalue weighted by Gasteiger charge is -2.22. The monoisotopic (exact) mass is 495 g/mol. The number of urea groups is 1. The Bertz CT molecular complexity index is 1330. The van der Waals surface area contributed by atoms with Gasteiger partial charge in [0.05, 0.1) is 11.4 Å². The van der Waals surface area contributed by atoms with Gasteiger partial charge in [-0.1, -0.05) is 79.1 Å². The van der Waals surface area contributed by atoms with E-state index in [1.54, 1.807) is 9.58 Å². The van der Waals surface area contributed by atoms with Gasteiger partial charge in [0.2, 0.25) is 5.91 Å². The zero-order chi connectivity index (χ0) is 26.2. The van der Waals surface area contributed by atoms with Crippen molar-refractivity contribution in [2.24, 2.45) is 0 Å². The quantitative estimate of drug-likeness (QED) is 0.281. The number of unbranched alkanes of at least 4 members (excludes halogenated alkanes) is 1. The van der Waals surface area contributed by atoms with Crippen LogP contribution in [-0.2, 0) is 4.79 Å². The van der Waals surface area contributed by atoms with Gasteiger partial charge in [0.15, 0.2) is 0 Å². The summed E-state index contributed by atoms with van der Waals surface area (Å²) in [6.45, 7) is 6.48. The van der Waals surface area contributed by atoms with Crippen molar-refractivity contribution in [1.29, 1.82) is 0 Å². The minimum Gasteiger partial charge on any atom is -0.315 e. The Kier molecular flexibility index (Phi) is 8.36. The van der Waals surface area contributed by atoms with Crippen molar-refractivity contribution in [3.05, 3.63) is 96.1 Å². The molecule has 0 aliphatic heterocycles. The zero-order valence-corrected chi connectivity index (χ0v) is 21.6. The van der Waals surface area contributed by atoms with Crippen molar-refractivity contribution in [3.63, 3.8) is 0 Å². The van der Waals surface area contributed by atoms with Gasteiger partial charge in [0.25, 0.3) is 0 Å². The molecule has 7 nitrogen and oxygen atoms in total. The molecule has 4 rings (SSSR count). The van der Waals surface area contributed by atoms with Gasteiger partial charge in [-0.2, -0.15) is 5.10 Å². The molecular formula is C30H33N5O2. The minimum atomic E-state index is -0.301. The van der Waals surface area contributed by atoms with Gasteiger partial charge in [-0.25, -0.2) is 9.48 Å². The Labute approximate surface area is 218 Å². The third-order valence-electron chi connectivity index (χ3n) is 6.03. The Morgan fingerprint density at radius 3 is 2.16 bits per heavy atom. The van der Waals surface area contributed by atoms with Crippen LogP contribution in [0.3, 0.4) is 0 Å². The summed E-state index contributed by atoms with van der Waals surface area (Å²) in [5.74, 6) is 0.255. The van der Waals surface area contributed by atoms with E-state index in [-0.39, 0.29) is 18.5 Å². The van der Waals surface area contributed by atoms with Gasteiger partial charge in [0.1, 0.15) is 12.4 Å². The number of benzene rings is 3. The fourth-order valence-corrected chi connectivity index (χ4v) is 3.90. The molecule has 0 radical (unpaired) electrons. The molecule has 190 valence electrons. The molecule has 0 bridgehead atoms. The highest BCUT2D eigenvalue weighted by Crippen LogP contribution is 2.25. The second kappa shape index (κ2) is 12.0. The Morgan fingerprint density at radius 1 is 0.865 bits per heavy atom. The molecule has 7 heteroatoms. The predicted molar refractivity (Wildman–Crippen MR) is 149 cm³/mol. The molecule has 0 aliphatic carbocycles. The Balaban J connectivity index is 1.54. The highest BCUT2D eigenvalue weighted by Gasteiger charge is 2.19. The maximum absolute atomic E-state index is 13.2. The fraction of sp³-hybridized carbons (Fsp3) is 0.233. The van der Waals surface area contributed by atoms with Gasteiger partial charge < -0.3 is 15.5 Å². The van der Waals surface area contributed by atoms with Gasteiger partial charge in [-0.15, -0.1) is 0 Å². The van der Waals surface area contributed by atoms with Crippen molar-refractivity contribution in [2.45, 2.75) is 33.6 Å². The summed E-state index contributed by atoms with van der Waals surface area (Å²) in [5.41, 5.74) is 5.48. The van der Waals surface area contributed by atoms with E-state index in [9.17, 15) is 9.59 Å². The topological polar surface area (TPSA) is 79.3 Å².